The average molecular weight is 347 g/mol. The second kappa shape index (κ2) is 5.69. The Balaban J connectivity index is 1.76. The lowest BCUT2D eigenvalue weighted by molar-refractivity contribution is -0.123. The number of aromatic nitrogens is 1. The van der Waals surface area contributed by atoms with Crippen molar-refractivity contribution in [2.75, 3.05) is 31.7 Å². The number of nitrogens with zero attached hydrogens (tertiary/aromatic N) is 1. The zero-order valence-electron chi connectivity index (χ0n) is 14.7. The number of rotatable bonds is 3. The summed E-state index contributed by atoms with van der Waals surface area (Å²) in [7, 11) is 1.66. The summed E-state index contributed by atoms with van der Waals surface area (Å²) >= 11 is 0. The summed E-state index contributed by atoms with van der Waals surface area (Å²) in [5.41, 5.74) is 4.47. The molecule has 0 aliphatic carbocycles. The Bertz CT molecular complexity index is 1010. The molecule has 0 bridgehead atoms. The highest BCUT2D eigenvalue weighted by atomic mass is 16.5. The number of fused-ring (bicyclic) bond motifs is 6. The van der Waals surface area contributed by atoms with Gasteiger partial charge < -0.3 is 14.6 Å². The number of ether oxygens (including phenoxy) is 1. The molecule has 3 aromatic rings. The first-order valence-corrected chi connectivity index (χ1v) is 9.03. The molecule has 1 amide bonds. The van der Waals surface area contributed by atoms with Crippen molar-refractivity contribution in [3.63, 3.8) is 0 Å². The van der Waals surface area contributed by atoms with Crippen LogP contribution in [0.1, 0.15) is 16.8 Å². The average Bonchev–Trinajstić information content (AvgIpc) is 3.17. The van der Waals surface area contributed by atoms with E-state index >= 15 is 0 Å². The van der Waals surface area contributed by atoms with Crippen LogP contribution in [0.3, 0.4) is 0 Å². The number of methoxy groups -OCH3 is 1. The molecule has 3 heterocycles. The second-order valence-electron chi connectivity index (χ2n) is 6.92. The van der Waals surface area contributed by atoms with Crippen LogP contribution in [0.5, 0.6) is 0 Å². The van der Waals surface area contributed by atoms with Crippen LogP contribution in [-0.4, -0.2) is 37.7 Å². The van der Waals surface area contributed by atoms with Crippen molar-refractivity contribution in [3.8, 4) is 0 Å². The summed E-state index contributed by atoms with van der Waals surface area (Å²) in [5, 5.41) is 4.77. The van der Waals surface area contributed by atoms with Gasteiger partial charge in [0.05, 0.1) is 12.3 Å². The summed E-state index contributed by atoms with van der Waals surface area (Å²) in [5.74, 6) is 0.0725. The molecule has 2 aliphatic heterocycles. The van der Waals surface area contributed by atoms with E-state index in [0.717, 1.165) is 35.4 Å². The molecular weight excluding hydrogens is 326 g/mol. The van der Waals surface area contributed by atoms with E-state index in [1.54, 1.807) is 7.11 Å². The molecule has 5 nitrogen and oxygen atoms in total. The minimum Gasteiger partial charge on any atom is -0.383 e. The fourth-order valence-corrected chi connectivity index (χ4v) is 4.51. The maximum atomic E-state index is 13.7. The van der Waals surface area contributed by atoms with Gasteiger partial charge in [-0.15, -0.1) is 0 Å². The third kappa shape index (κ3) is 1.90. The first kappa shape index (κ1) is 15.6. The van der Waals surface area contributed by atoms with Crippen LogP contribution < -0.4 is 10.2 Å². The number of amides is 1. The van der Waals surface area contributed by atoms with Gasteiger partial charge in [0.25, 0.3) is 5.91 Å². The summed E-state index contributed by atoms with van der Waals surface area (Å²) in [4.78, 5) is 19.1. The number of hydrogen-bond donors (Lipinski definition) is 2. The Labute approximate surface area is 152 Å². The summed E-state index contributed by atoms with van der Waals surface area (Å²) in [6.07, 6.45) is 0.911. The second-order valence-corrected chi connectivity index (χ2v) is 6.92. The normalized spacial score (nSPS) is 21.4. The molecular formula is C21H21N3O2. The molecule has 1 unspecified atom stereocenters. The van der Waals surface area contributed by atoms with Crippen molar-refractivity contribution in [1.29, 1.82) is 0 Å². The van der Waals surface area contributed by atoms with Crippen molar-refractivity contribution in [2.24, 2.45) is 0 Å². The van der Waals surface area contributed by atoms with Gasteiger partial charge >= 0.3 is 0 Å². The maximum absolute atomic E-state index is 13.7. The third-order valence-electron chi connectivity index (χ3n) is 5.64. The van der Waals surface area contributed by atoms with Crippen molar-refractivity contribution in [2.45, 2.75) is 12.0 Å². The quantitative estimate of drug-likeness (QED) is 0.766. The third-order valence-corrected chi connectivity index (χ3v) is 5.64. The molecule has 26 heavy (non-hydrogen) atoms. The summed E-state index contributed by atoms with van der Waals surface area (Å²) < 4.78 is 5.24. The Hall–Kier alpha value is -2.63. The SMILES string of the molecule is COCCN1C(=O)C2(NCCc3c2[nH]c2ccccc32)c2ccccc21. The van der Waals surface area contributed by atoms with E-state index < -0.39 is 5.54 Å². The van der Waals surface area contributed by atoms with Crippen molar-refractivity contribution in [3.05, 3.63) is 65.4 Å². The number of H-pyrrole nitrogens is 1. The number of carbonyl (C=O) groups excluding carboxylic acids is 1. The predicted octanol–water partition coefficient (Wildman–Crippen LogP) is 2.55. The lowest BCUT2D eigenvalue weighted by atomic mass is 9.82. The highest BCUT2D eigenvalue weighted by Gasteiger charge is 2.55. The van der Waals surface area contributed by atoms with Crippen LogP contribution in [0.2, 0.25) is 0 Å². The van der Waals surface area contributed by atoms with Gasteiger partial charge in [0.2, 0.25) is 0 Å². The lowest BCUT2D eigenvalue weighted by Gasteiger charge is -2.34. The first-order valence-electron chi connectivity index (χ1n) is 9.03. The van der Waals surface area contributed by atoms with Gasteiger partial charge in [0, 0.05) is 42.4 Å². The van der Waals surface area contributed by atoms with Gasteiger partial charge in [-0.05, 0) is 24.1 Å². The number of para-hydroxylation sites is 2. The van der Waals surface area contributed by atoms with E-state index in [0.29, 0.717) is 13.2 Å². The highest BCUT2D eigenvalue weighted by molar-refractivity contribution is 6.11. The molecule has 2 aromatic carbocycles. The van der Waals surface area contributed by atoms with Gasteiger partial charge in [-0.2, -0.15) is 0 Å². The van der Waals surface area contributed by atoms with Crippen LogP contribution in [0.25, 0.3) is 10.9 Å². The molecule has 1 atom stereocenters. The number of carbonyl (C=O) groups is 1. The molecule has 0 radical (unpaired) electrons. The number of aromatic amines is 1. The molecule has 2 N–H and O–H groups in total. The molecule has 1 spiro atoms. The van der Waals surface area contributed by atoms with Crippen molar-refractivity contribution in [1.82, 2.24) is 10.3 Å². The fourth-order valence-electron chi connectivity index (χ4n) is 4.51. The number of benzene rings is 2. The number of anilines is 1. The lowest BCUT2D eigenvalue weighted by Crippen LogP contribution is -2.55. The molecule has 5 rings (SSSR count). The van der Waals surface area contributed by atoms with E-state index in [1.165, 1.54) is 10.9 Å². The molecule has 0 saturated heterocycles. The van der Waals surface area contributed by atoms with E-state index in [9.17, 15) is 4.79 Å². The Morgan fingerprint density at radius 1 is 1.15 bits per heavy atom. The minimum absolute atomic E-state index is 0.0725. The maximum Gasteiger partial charge on any atom is 0.258 e. The fraction of sp³-hybridized carbons (Fsp3) is 0.286. The van der Waals surface area contributed by atoms with Crippen LogP contribution in [0.15, 0.2) is 48.5 Å². The topological polar surface area (TPSA) is 57.4 Å². The highest BCUT2D eigenvalue weighted by Crippen LogP contribution is 2.47. The smallest absolute Gasteiger partial charge is 0.258 e. The monoisotopic (exact) mass is 347 g/mol. The molecule has 0 saturated carbocycles. The van der Waals surface area contributed by atoms with Gasteiger partial charge in [-0.25, -0.2) is 0 Å². The summed E-state index contributed by atoms with van der Waals surface area (Å²) in [6, 6.07) is 16.4. The van der Waals surface area contributed by atoms with Crippen LogP contribution >= 0.6 is 0 Å². The van der Waals surface area contributed by atoms with Crippen molar-refractivity contribution >= 4 is 22.5 Å². The van der Waals surface area contributed by atoms with Crippen LogP contribution in [0, 0.1) is 0 Å². The molecule has 2 aliphatic rings. The Morgan fingerprint density at radius 2 is 1.96 bits per heavy atom. The van der Waals surface area contributed by atoms with Gasteiger partial charge in [-0.1, -0.05) is 36.4 Å². The number of nitrogens with one attached hydrogen (secondary N) is 2. The Kier molecular flexibility index (Phi) is 3.42. The zero-order chi connectivity index (χ0) is 17.7. The predicted molar refractivity (Wildman–Crippen MR) is 101 cm³/mol. The van der Waals surface area contributed by atoms with E-state index in [2.05, 4.69) is 34.6 Å². The van der Waals surface area contributed by atoms with Crippen molar-refractivity contribution < 1.29 is 9.53 Å². The van der Waals surface area contributed by atoms with E-state index in [-0.39, 0.29) is 5.91 Å². The minimum atomic E-state index is -0.836. The van der Waals surface area contributed by atoms with Crippen LogP contribution in [-0.2, 0) is 21.5 Å². The largest absolute Gasteiger partial charge is 0.383 e. The van der Waals surface area contributed by atoms with E-state index in [1.807, 2.05) is 29.2 Å². The Morgan fingerprint density at radius 3 is 2.85 bits per heavy atom. The summed E-state index contributed by atoms with van der Waals surface area (Å²) in [6.45, 7) is 1.83. The van der Waals surface area contributed by atoms with Gasteiger partial charge in [-0.3, -0.25) is 10.1 Å². The van der Waals surface area contributed by atoms with Gasteiger partial charge in [0.1, 0.15) is 0 Å². The first-order chi connectivity index (χ1) is 12.8. The standard InChI is InChI=1S/C21H21N3O2/c1-26-13-12-24-18-9-5-3-7-16(18)21(20(24)25)19-15(10-11-22-21)14-6-2-4-8-17(14)23-19/h2-9,22-23H,10-13H2,1H3. The zero-order valence-corrected chi connectivity index (χ0v) is 14.7. The molecule has 132 valence electrons. The van der Waals surface area contributed by atoms with E-state index in [4.69, 9.17) is 4.74 Å². The molecule has 1 aromatic heterocycles. The molecule has 0 fully saturated rings. The number of hydrogen-bond acceptors (Lipinski definition) is 3. The van der Waals surface area contributed by atoms with Crippen LogP contribution in [0.4, 0.5) is 5.69 Å². The van der Waals surface area contributed by atoms with Gasteiger partial charge in [0.15, 0.2) is 5.54 Å². The molecule has 5 heteroatoms.